The zero-order valence-corrected chi connectivity index (χ0v) is 8.57. The molecule has 1 aromatic heterocycles. The molecule has 0 fully saturated rings. The molecule has 0 atom stereocenters. The maximum Gasteiger partial charge on any atom is 0.148 e. The molecule has 3 heteroatoms. The van der Waals surface area contributed by atoms with Crippen molar-refractivity contribution < 1.29 is 0 Å². The molecule has 2 nitrogen and oxygen atoms in total. The molecule has 0 spiro atoms. The second kappa shape index (κ2) is 3.17. The molecule has 0 unspecified atom stereocenters. The van der Waals surface area contributed by atoms with Crippen molar-refractivity contribution in [1.82, 2.24) is 9.97 Å². The summed E-state index contributed by atoms with van der Waals surface area (Å²) in [6.07, 6.45) is 1.57. The molecule has 0 aliphatic rings. The largest absolute Gasteiger partial charge is 0.251 e. The van der Waals surface area contributed by atoms with Crippen LogP contribution in [0.1, 0.15) is 0 Å². The Morgan fingerprint density at radius 1 is 1.00 bits per heavy atom. The fourth-order valence-corrected chi connectivity index (χ4v) is 1.86. The Kier molecular flexibility index (Phi) is 1.82. The predicted octanol–water partition coefficient (Wildman–Crippen LogP) is 3.44. The minimum atomic E-state index is 0.429. The third-order valence-electron chi connectivity index (χ3n) is 2.41. The van der Waals surface area contributed by atoms with E-state index in [1.54, 1.807) is 6.20 Å². The summed E-state index contributed by atoms with van der Waals surface area (Å²) in [4.78, 5) is 8.54. The van der Waals surface area contributed by atoms with E-state index in [-0.39, 0.29) is 0 Å². The second-order valence-corrected chi connectivity index (χ2v) is 3.73. The first-order valence-corrected chi connectivity index (χ1v) is 5.02. The molecule has 0 bridgehead atoms. The first-order valence-electron chi connectivity index (χ1n) is 4.64. The number of rotatable bonds is 0. The van der Waals surface area contributed by atoms with Crippen LogP contribution in [0.3, 0.4) is 0 Å². The Bertz CT molecular complexity index is 649. The zero-order valence-electron chi connectivity index (χ0n) is 7.81. The molecule has 2 aromatic carbocycles. The van der Waals surface area contributed by atoms with Gasteiger partial charge in [-0.2, -0.15) is 0 Å². The number of aromatic nitrogens is 2. The van der Waals surface area contributed by atoms with Crippen molar-refractivity contribution in [2.24, 2.45) is 0 Å². The molecule has 0 aliphatic carbocycles. The maximum absolute atomic E-state index is 5.85. The van der Waals surface area contributed by atoms with Crippen LogP contribution in [0.15, 0.2) is 42.6 Å². The molecule has 0 saturated carbocycles. The van der Waals surface area contributed by atoms with Gasteiger partial charge in [0.25, 0.3) is 0 Å². The van der Waals surface area contributed by atoms with Gasteiger partial charge in [-0.3, -0.25) is 4.98 Å². The van der Waals surface area contributed by atoms with E-state index in [4.69, 9.17) is 11.6 Å². The van der Waals surface area contributed by atoms with Gasteiger partial charge in [-0.05, 0) is 11.5 Å². The lowest BCUT2D eigenvalue weighted by molar-refractivity contribution is 1.30. The summed E-state index contributed by atoms with van der Waals surface area (Å²) in [5, 5.41) is 2.67. The molecule has 0 radical (unpaired) electrons. The average molecular weight is 215 g/mol. The number of hydrogen-bond donors (Lipinski definition) is 0. The highest BCUT2D eigenvalue weighted by atomic mass is 35.5. The van der Waals surface area contributed by atoms with Crippen LogP contribution in [0.2, 0.25) is 5.15 Å². The van der Waals surface area contributed by atoms with Crippen LogP contribution >= 0.6 is 11.6 Å². The summed E-state index contributed by atoms with van der Waals surface area (Å²) < 4.78 is 0. The van der Waals surface area contributed by atoms with Crippen LogP contribution in [0, 0.1) is 0 Å². The van der Waals surface area contributed by atoms with E-state index in [0.29, 0.717) is 5.15 Å². The van der Waals surface area contributed by atoms with Crippen molar-refractivity contribution >= 4 is 33.4 Å². The molecule has 1 heterocycles. The van der Waals surface area contributed by atoms with E-state index in [9.17, 15) is 0 Å². The van der Waals surface area contributed by atoms with Gasteiger partial charge in [0.15, 0.2) is 0 Å². The summed E-state index contributed by atoms with van der Waals surface area (Å²) in [6.45, 7) is 0. The number of benzene rings is 2. The number of hydrogen-bond acceptors (Lipinski definition) is 2. The van der Waals surface area contributed by atoms with Crippen LogP contribution in [0.25, 0.3) is 21.8 Å². The molecule has 0 amide bonds. The quantitative estimate of drug-likeness (QED) is 0.536. The maximum atomic E-state index is 5.85. The van der Waals surface area contributed by atoms with Crippen LogP contribution < -0.4 is 0 Å². The van der Waals surface area contributed by atoms with Gasteiger partial charge in [0, 0.05) is 5.39 Å². The standard InChI is InChI=1S/C12H7ClN2/c13-11-7-14-10-6-5-8-3-1-2-4-9(8)12(10)15-11/h1-7H. The van der Waals surface area contributed by atoms with E-state index in [2.05, 4.69) is 16.0 Å². The first kappa shape index (κ1) is 8.62. The summed E-state index contributed by atoms with van der Waals surface area (Å²) in [5.41, 5.74) is 1.73. The van der Waals surface area contributed by atoms with E-state index < -0.39 is 0 Å². The van der Waals surface area contributed by atoms with Crippen molar-refractivity contribution in [3.8, 4) is 0 Å². The number of halogens is 1. The molecule has 72 valence electrons. The van der Waals surface area contributed by atoms with Crippen molar-refractivity contribution in [2.75, 3.05) is 0 Å². The average Bonchev–Trinajstić information content (AvgIpc) is 2.29. The van der Waals surface area contributed by atoms with Crippen LogP contribution in [-0.2, 0) is 0 Å². The molecule has 0 saturated heterocycles. The summed E-state index contributed by atoms with van der Waals surface area (Å²) in [6, 6.07) is 12.1. The molecule has 3 rings (SSSR count). The zero-order chi connectivity index (χ0) is 10.3. The Morgan fingerprint density at radius 2 is 1.87 bits per heavy atom. The van der Waals surface area contributed by atoms with Crippen LogP contribution in [-0.4, -0.2) is 9.97 Å². The van der Waals surface area contributed by atoms with Gasteiger partial charge in [-0.25, -0.2) is 4.98 Å². The molecular formula is C12H7ClN2. The number of nitrogens with zero attached hydrogens (tertiary/aromatic N) is 2. The van der Waals surface area contributed by atoms with Gasteiger partial charge >= 0.3 is 0 Å². The summed E-state index contributed by atoms with van der Waals surface area (Å²) in [7, 11) is 0. The van der Waals surface area contributed by atoms with Gasteiger partial charge in [-0.1, -0.05) is 41.9 Å². The highest BCUT2D eigenvalue weighted by Crippen LogP contribution is 2.23. The van der Waals surface area contributed by atoms with E-state index in [1.165, 1.54) is 0 Å². The minimum absolute atomic E-state index is 0.429. The van der Waals surface area contributed by atoms with Crippen molar-refractivity contribution in [3.05, 3.63) is 47.7 Å². The Hall–Kier alpha value is -1.67. The Morgan fingerprint density at radius 3 is 2.80 bits per heavy atom. The fraction of sp³-hybridized carbons (Fsp3) is 0. The second-order valence-electron chi connectivity index (χ2n) is 3.35. The van der Waals surface area contributed by atoms with Gasteiger partial charge in [0.1, 0.15) is 5.15 Å². The van der Waals surface area contributed by atoms with Crippen molar-refractivity contribution in [1.29, 1.82) is 0 Å². The Labute approximate surface area is 91.5 Å². The minimum Gasteiger partial charge on any atom is -0.251 e. The highest BCUT2D eigenvalue weighted by Gasteiger charge is 2.02. The predicted molar refractivity (Wildman–Crippen MR) is 62.1 cm³/mol. The van der Waals surface area contributed by atoms with E-state index in [0.717, 1.165) is 21.8 Å². The first-order chi connectivity index (χ1) is 7.34. The normalized spacial score (nSPS) is 11.0. The summed E-state index contributed by atoms with van der Waals surface area (Å²) >= 11 is 5.85. The van der Waals surface area contributed by atoms with Crippen LogP contribution in [0.4, 0.5) is 0 Å². The molecular weight excluding hydrogens is 208 g/mol. The van der Waals surface area contributed by atoms with E-state index in [1.807, 2.05) is 30.3 Å². The molecule has 0 N–H and O–H groups in total. The summed E-state index contributed by atoms with van der Waals surface area (Å²) in [5.74, 6) is 0. The highest BCUT2D eigenvalue weighted by molar-refractivity contribution is 6.29. The molecule has 0 aliphatic heterocycles. The van der Waals surface area contributed by atoms with Gasteiger partial charge in [-0.15, -0.1) is 0 Å². The monoisotopic (exact) mass is 214 g/mol. The smallest absolute Gasteiger partial charge is 0.148 e. The van der Waals surface area contributed by atoms with Crippen molar-refractivity contribution in [3.63, 3.8) is 0 Å². The van der Waals surface area contributed by atoms with E-state index >= 15 is 0 Å². The lowest BCUT2D eigenvalue weighted by Crippen LogP contribution is -1.85. The molecule has 15 heavy (non-hydrogen) atoms. The lowest BCUT2D eigenvalue weighted by Gasteiger charge is -2.01. The fourth-order valence-electron chi connectivity index (χ4n) is 1.72. The Balaban J connectivity index is 2.57. The van der Waals surface area contributed by atoms with Crippen molar-refractivity contribution in [2.45, 2.75) is 0 Å². The van der Waals surface area contributed by atoms with Gasteiger partial charge in [0.2, 0.25) is 0 Å². The number of fused-ring (bicyclic) bond motifs is 3. The molecule has 3 aromatic rings. The van der Waals surface area contributed by atoms with Gasteiger partial charge < -0.3 is 0 Å². The van der Waals surface area contributed by atoms with Crippen LogP contribution in [0.5, 0.6) is 0 Å². The van der Waals surface area contributed by atoms with Gasteiger partial charge in [0.05, 0.1) is 17.2 Å². The lowest BCUT2D eigenvalue weighted by atomic mass is 10.1. The third-order valence-corrected chi connectivity index (χ3v) is 2.59. The topological polar surface area (TPSA) is 25.8 Å². The SMILES string of the molecule is Clc1cnc2ccc3ccccc3c2n1. The third kappa shape index (κ3) is 1.34.